The van der Waals surface area contributed by atoms with E-state index in [0.717, 1.165) is 49.6 Å². The summed E-state index contributed by atoms with van der Waals surface area (Å²) in [4.78, 5) is 4.13. The highest BCUT2D eigenvalue weighted by Crippen LogP contribution is 2.53. The van der Waals surface area contributed by atoms with Crippen LogP contribution in [0, 0.1) is 11.3 Å². The molecule has 0 unspecified atom stereocenters. The van der Waals surface area contributed by atoms with Gasteiger partial charge in [-0.2, -0.15) is 5.26 Å². The van der Waals surface area contributed by atoms with E-state index in [-0.39, 0.29) is 79.5 Å². The summed E-state index contributed by atoms with van der Waals surface area (Å²) in [6.45, 7) is 11.1. The summed E-state index contributed by atoms with van der Waals surface area (Å²) in [5.74, 6) is 0. The van der Waals surface area contributed by atoms with Crippen LogP contribution >= 0.6 is 0 Å². The van der Waals surface area contributed by atoms with E-state index in [1.165, 1.54) is 4.57 Å². The molecule has 0 bridgehead atoms. The summed E-state index contributed by atoms with van der Waals surface area (Å²) in [7, 11) is 0. The zero-order valence-electron chi connectivity index (χ0n) is 68.7. The lowest BCUT2D eigenvalue weighted by molar-refractivity contribution is 0.590. The molecule has 0 N–H and O–H groups in total. The van der Waals surface area contributed by atoms with Crippen molar-refractivity contribution in [2.45, 2.75) is 52.4 Å². The Morgan fingerprint density at radius 2 is 0.849 bits per heavy atom. The van der Waals surface area contributed by atoms with E-state index in [0.29, 0.717) is 61.8 Å². The lowest BCUT2D eigenvalue weighted by Crippen LogP contribution is -2.61. The molecule has 0 saturated heterocycles. The lowest BCUT2D eigenvalue weighted by Gasteiger charge is -2.45. The number of nitriles is 1. The van der Waals surface area contributed by atoms with Gasteiger partial charge in [0.05, 0.1) is 62.3 Å². The molecule has 0 atom stereocenters. The predicted molar refractivity (Wildman–Crippen MR) is 393 cm³/mol. The number of para-hydroxylation sites is 4. The van der Waals surface area contributed by atoms with Crippen molar-refractivity contribution in [1.82, 2.24) is 9.13 Å². The average molecular weight is 1210 g/mol. The van der Waals surface area contributed by atoms with Crippen LogP contribution in [0.3, 0.4) is 0 Å². The zero-order valence-corrected chi connectivity index (χ0v) is 51.7. The van der Waals surface area contributed by atoms with E-state index >= 15 is 0 Å². The minimum Gasteiger partial charge on any atom is -0.311 e. The Morgan fingerprint density at radius 1 is 0.355 bits per heavy atom. The number of hydrogen-bond donors (Lipinski definition) is 0. The van der Waals surface area contributed by atoms with Crippen molar-refractivity contribution in [2.24, 2.45) is 0 Å². The van der Waals surface area contributed by atoms with Crippen LogP contribution in [0.2, 0.25) is 0 Å². The number of fused-ring (bicyclic) bond motifs is 10. The molecule has 15 aromatic rings. The van der Waals surface area contributed by atoms with E-state index in [1.807, 2.05) is 177 Å². The van der Waals surface area contributed by atoms with Crippen LogP contribution in [0.4, 0.5) is 34.1 Å². The molecule has 5 nitrogen and oxygen atoms in total. The van der Waals surface area contributed by atoms with Crippen molar-refractivity contribution in [3.63, 3.8) is 0 Å². The Labute approximate surface area is 567 Å². The van der Waals surface area contributed by atoms with Crippen molar-refractivity contribution in [3.05, 3.63) is 307 Å². The molecular formula is C87H66BN5. The predicted octanol–water partition coefficient (Wildman–Crippen LogP) is 21.1. The molecular weight excluding hydrogens is 1130 g/mol. The van der Waals surface area contributed by atoms with Crippen LogP contribution in [0.15, 0.2) is 291 Å². The Morgan fingerprint density at radius 3 is 1.44 bits per heavy atom. The molecule has 2 aliphatic rings. The number of anilines is 6. The van der Waals surface area contributed by atoms with Gasteiger partial charge < -0.3 is 18.9 Å². The maximum atomic E-state index is 11.4. The summed E-state index contributed by atoms with van der Waals surface area (Å²) in [5, 5.41) is 13.0. The van der Waals surface area contributed by atoms with Crippen LogP contribution in [-0.4, -0.2) is 15.8 Å². The Hall–Kier alpha value is -11.4. The molecule has 93 heavy (non-hydrogen) atoms. The summed E-state index contributed by atoms with van der Waals surface area (Å²) in [6, 6.07) is 54.5. The Kier molecular flexibility index (Phi) is 9.28. The van der Waals surface area contributed by atoms with Crippen molar-refractivity contribution in [2.75, 3.05) is 9.80 Å². The van der Waals surface area contributed by atoms with Gasteiger partial charge in [0.2, 0.25) is 0 Å². The average Bonchev–Trinajstić information content (AvgIpc) is 0.772. The van der Waals surface area contributed by atoms with Gasteiger partial charge in [-0.05, 0) is 157 Å². The van der Waals surface area contributed by atoms with Crippen molar-refractivity contribution >= 4 is 101 Å². The molecule has 0 radical (unpaired) electrons. The van der Waals surface area contributed by atoms with Gasteiger partial charge in [-0.3, -0.25) is 0 Å². The van der Waals surface area contributed by atoms with E-state index in [9.17, 15) is 21.7 Å². The highest BCUT2D eigenvalue weighted by atomic mass is 15.2. The second kappa shape index (κ2) is 21.4. The molecule has 17 rings (SSSR count). The van der Waals surface area contributed by atoms with Crippen molar-refractivity contribution in [1.29, 1.82) is 5.26 Å². The second-order valence-corrected chi connectivity index (χ2v) is 25.9. The smallest absolute Gasteiger partial charge is 0.252 e. The molecule has 2 aliphatic heterocycles. The third-order valence-corrected chi connectivity index (χ3v) is 18.3. The first-order valence-corrected chi connectivity index (χ1v) is 31.0. The molecule has 4 heterocycles. The highest BCUT2D eigenvalue weighted by molar-refractivity contribution is 7.00. The number of benzene rings is 13. The molecule has 2 aromatic heterocycles. The topological polar surface area (TPSA) is 40.1 Å². The number of nitrogens with zero attached hydrogens (tertiary/aromatic N) is 5. The van der Waals surface area contributed by atoms with Gasteiger partial charge in [0, 0.05) is 66.8 Å². The van der Waals surface area contributed by atoms with Gasteiger partial charge in [-0.15, -0.1) is 0 Å². The molecule has 13 aromatic carbocycles. The monoisotopic (exact) mass is 1210 g/mol. The first-order valence-electron chi connectivity index (χ1n) is 39.5. The third-order valence-electron chi connectivity index (χ3n) is 18.3. The quantitative estimate of drug-likeness (QED) is 0.142. The number of hydrogen-bond acceptors (Lipinski definition) is 3. The van der Waals surface area contributed by atoms with E-state index in [2.05, 4.69) is 48.4 Å². The van der Waals surface area contributed by atoms with Crippen LogP contribution < -0.4 is 26.2 Å². The van der Waals surface area contributed by atoms with Gasteiger partial charge in [-0.1, -0.05) is 247 Å². The van der Waals surface area contributed by atoms with Gasteiger partial charge in [0.25, 0.3) is 6.71 Å². The molecule has 6 heteroatoms. The minimum absolute atomic E-state index is 0.0456. The fraction of sp³-hybridized carbons (Fsp3) is 0.0920. The van der Waals surface area contributed by atoms with Crippen LogP contribution in [-0.2, 0) is 10.8 Å². The molecule has 0 aliphatic carbocycles. The van der Waals surface area contributed by atoms with Gasteiger partial charge in [-0.25, -0.2) is 0 Å². The standard InChI is InChI=1S/C87H66BN5/c1-86(2,3)63-42-38-57(39-43-63)62-49-82-84-83(50-62)93(85-71(58-26-12-8-13-27-58)51-64(87(4,5)6)52-72(85)59-28-14-9-15-29-59)81-54-66(90-75-34-20-16-30-67(75)68-31-17-21-35-76(68)90)45-47-74(81)88(84)73-46-41-60(56-24-10-7-11-25-56)48-80(73)91(82)65-44-40-61(55-89)79(53-65)92-77-36-22-18-32-69(77)70-33-19-23-37-78(70)92/h7-54H,1-6H3/i7D,10D,11D,16D,17D,20D,21D,24D,25D,30D,31D,34D,35D,38D,39D,42D,43D. The fourth-order valence-electron chi connectivity index (χ4n) is 13.9. The minimum atomic E-state index is -0.889. The molecule has 0 spiro atoms. The zero-order chi connectivity index (χ0) is 77.6. The Balaban J connectivity index is 1.10. The summed E-state index contributed by atoms with van der Waals surface area (Å²) in [6.07, 6.45) is 0. The number of rotatable bonds is 8. The van der Waals surface area contributed by atoms with Crippen LogP contribution in [0.25, 0.3) is 99.5 Å². The highest BCUT2D eigenvalue weighted by Gasteiger charge is 2.45. The largest absolute Gasteiger partial charge is 0.311 e. The van der Waals surface area contributed by atoms with Crippen LogP contribution in [0.1, 0.15) is 81.5 Å². The fourth-order valence-corrected chi connectivity index (χ4v) is 13.9. The molecule has 0 saturated carbocycles. The molecule has 0 amide bonds. The summed E-state index contributed by atoms with van der Waals surface area (Å²) < 4.78 is 165. The maximum Gasteiger partial charge on any atom is 0.252 e. The van der Waals surface area contributed by atoms with E-state index in [1.54, 1.807) is 24.3 Å². The van der Waals surface area contributed by atoms with Crippen molar-refractivity contribution in [3.8, 4) is 62.0 Å². The summed E-state index contributed by atoms with van der Waals surface area (Å²) >= 11 is 0. The first kappa shape index (κ1) is 40.4. The molecule has 0 fully saturated rings. The van der Waals surface area contributed by atoms with Gasteiger partial charge >= 0.3 is 0 Å². The lowest BCUT2D eigenvalue weighted by atomic mass is 9.33. The summed E-state index contributed by atoms with van der Waals surface area (Å²) in [5.41, 5.74) is 10.4. The normalized spacial score (nSPS) is 15.3. The van der Waals surface area contributed by atoms with Crippen LogP contribution in [0.5, 0.6) is 0 Å². The third kappa shape index (κ3) is 8.97. The Bertz CT molecular complexity index is 6380. The van der Waals surface area contributed by atoms with Crippen molar-refractivity contribution < 1.29 is 23.3 Å². The molecule has 442 valence electrons. The maximum absolute atomic E-state index is 11.4. The van der Waals surface area contributed by atoms with Gasteiger partial charge in [0.15, 0.2) is 0 Å². The number of aromatic nitrogens is 2. The first-order chi connectivity index (χ1) is 52.4. The van der Waals surface area contributed by atoms with E-state index < -0.39 is 96.1 Å². The van der Waals surface area contributed by atoms with E-state index in [4.69, 9.17) is 6.85 Å². The second-order valence-electron chi connectivity index (χ2n) is 25.9. The van der Waals surface area contributed by atoms with Gasteiger partial charge in [0.1, 0.15) is 6.07 Å². The SMILES string of the molecule is [2H]c1c([2H])c([2H])c(-c2ccc3c(c2)N(c2ccc(C#N)c(-n4c5ccccc5c5ccccc54)c2)c2cc(-c4c([2H])c([2H])c(C(C)(C)C)c([2H])c4[2H])cc4c2B3c2ccc(-n3c5c([2H])c([2H])c([2H])c([2H])c5c5c([2H])c([2H])c([2H])c([2H])c53)cc2N4c2c(-c3ccccc3)cc(C(C)(C)C)cc2-c2ccccc2)c([2H])c1[2H].